The number of carbonyl (C=O) groups excluding carboxylic acids is 2. The van der Waals surface area contributed by atoms with E-state index in [0.717, 1.165) is 5.56 Å². The summed E-state index contributed by atoms with van der Waals surface area (Å²) in [6.07, 6.45) is 1.98. The van der Waals surface area contributed by atoms with Crippen LogP contribution in [-0.2, 0) is 4.79 Å². The first kappa shape index (κ1) is 22.0. The molecule has 4 rings (SSSR count). The molecule has 0 aliphatic carbocycles. The van der Waals surface area contributed by atoms with Gasteiger partial charge in [0.2, 0.25) is 11.7 Å². The fourth-order valence-corrected chi connectivity index (χ4v) is 3.95. The van der Waals surface area contributed by atoms with Crippen LogP contribution in [0.5, 0.6) is 0 Å². The predicted molar refractivity (Wildman–Crippen MR) is 121 cm³/mol. The first-order valence-corrected chi connectivity index (χ1v) is 11.1. The number of aromatic nitrogens is 4. The van der Waals surface area contributed by atoms with Gasteiger partial charge in [0.25, 0.3) is 5.91 Å². The van der Waals surface area contributed by atoms with Crippen molar-refractivity contribution in [2.45, 2.75) is 38.3 Å². The number of nitrogens with one attached hydrogen (secondary N) is 1. The lowest BCUT2D eigenvalue weighted by Gasteiger charge is -2.34. The maximum absolute atomic E-state index is 13.2. The maximum atomic E-state index is 13.2. The Bertz CT molecular complexity index is 1060. The van der Waals surface area contributed by atoms with Gasteiger partial charge >= 0.3 is 0 Å². The van der Waals surface area contributed by atoms with Gasteiger partial charge in [-0.05, 0) is 60.9 Å². The highest BCUT2D eigenvalue weighted by Gasteiger charge is 2.30. The largest absolute Gasteiger partial charge is 0.349 e. The van der Waals surface area contributed by atoms with Gasteiger partial charge < -0.3 is 10.2 Å². The lowest BCUT2D eigenvalue weighted by molar-refractivity contribution is -0.136. The van der Waals surface area contributed by atoms with Crippen LogP contribution in [0.4, 0.5) is 0 Å². The number of benzene rings is 2. The van der Waals surface area contributed by atoms with E-state index in [2.05, 4.69) is 20.7 Å². The molecule has 8 nitrogen and oxygen atoms in total. The summed E-state index contributed by atoms with van der Waals surface area (Å²) in [5.41, 5.74) is 1.43. The molecule has 0 saturated carbocycles. The van der Waals surface area contributed by atoms with Crippen LogP contribution in [0.1, 0.15) is 42.6 Å². The van der Waals surface area contributed by atoms with Crippen molar-refractivity contribution in [3.05, 3.63) is 65.2 Å². The molecule has 1 saturated heterocycles. The van der Waals surface area contributed by atoms with Gasteiger partial charge in [-0.1, -0.05) is 36.7 Å². The van der Waals surface area contributed by atoms with Crippen molar-refractivity contribution in [3.63, 3.8) is 0 Å². The van der Waals surface area contributed by atoms with Crippen molar-refractivity contribution in [2.24, 2.45) is 0 Å². The van der Waals surface area contributed by atoms with Crippen LogP contribution in [0.25, 0.3) is 11.4 Å². The van der Waals surface area contributed by atoms with Crippen LogP contribution < -0.4 is 5.32 Å². The monoisotopic (exact) mass is 452 g/mol. The molecule has 1 aromatic heterocycles. The topological polar surface area (TPSA) is 93.0 Å². The molecule has 166 valence electrons. The molecule has 2 heterocycles. The van der Waals surface area contributed by atoms with E-state index >= 15 is 0 Å². The summed E-state index contributed by atoms with van der Waals surface area (Å²) in [6, 6.07) is 15.9. The molecule has 32 heavy (non-hydrogen) atoms. The zero-order valence-corrected chi connectivity index (χ0v) is 18.6. The van der Waals surface area contributed by atoms with Crippen LogP contribution >= 0.6 is 11.6 Å². The van der Waals surface area contributed by atoms with Gasteiger partial charge in [-0.25, -0.2) is 0 Å². The van der Waals surface area contributed by atoms with E-state index in [1.54, 1.807) is 24.3 Å². The normalized spacial score (nSPS) is 15.4. The van der Waals surface area contributed by atoms with Crippen molar-refractivity contribution in [1.82, 2.24) is 30.4 Å². The Hall–Kier alpha value is -3.26. The van der Waals surface area contributed by atoms with Crippen molar-refractivity contribution >= 4 is 23.4 Å². The number of amides is 2. The summed E-state index contributed by atoms with van der Waals surface area (Å²) < 4.78 is 0. The van der Waals surface area contributed by atoms with Crippen molar-refractivity contribution in [1.29, 1.82) is 0 Å². The first-order valence-electron chi connectivity index (χ1n) is 10.7. The lowest BCUT2D eigenvalue weighted by Crippen LogP contribution is -2.48. The average molecular weight is 453 g/mol. The van der Waals surface area contributed by atoms with Crippen LogP contribution in [-0.4, -0.2) is 56.1 Å². The number of hydrogen-bond donors (Lipinski definition) is 1. The quantitative estimate of drug-likeness (QED) is 0.619. The second kappa shape index (κ2) is 9.91. The molecule has 0 radical (unpaired) electrons. The van der Waals surface area contributed by atoms with E-state index in [-0.39, 0.29) is 17.9 Å². The summed E-state index contributed by atoms with van der Waals surface area (Å²) in [7, 11) is 0. The summed E-state index contributed by atoms with van der Waals surface area (Å²) >= 11 is 5.94. The number of likely N-dealkylation sites (tertiary alicyclic amines) is 1. The Morgan fingerprint density at radius 1 is 1.09 bits per heavy atom. The summed E-state index contributed by atoms with van der Waals surface area (Å²) in [4.78, 5) is 28.8. The zero-order chi connectivity index (χ0) is 22.5. The fraction of sp³-hybridized carbons (Fsp3) is 0.348. The SMILES string of the molecule is CCC(C(=O)N1CCC(NC(=O)c2ccccc2)CC1)n1nnc(-c2ccc(Cl)cc2)n1. The van der Waals surface area contributed by atoms with Crippen LogP contribution in [0.3, 0.4) is 0 Å². The number of rotatable bonds is 6. The highest BCUT2D eigenvalue weighted by Crippen LogP contribution is 2.21. The van der Waals surface area contributed by atoms with E-state index in [9.17, 15) is 9.59 Å². The Balaban J connectivity index is 1.35. The molecule has 0 bridgehead atoms. The van der Waals surface area contributed by atoms with E-state index in [4.69, 9.17) is 11.6 Å². The molecular weight excluding hydrogens is 428 g/mol. The first-order chi connectivity index (χ1) is 15.5. The van der Waals surface area contributed by atoms with Gasteiger partial charge in [0.15, 0.2) is 6.04 Å². The summed E-state index contributed by atoms with van der Waals surface area (Å²) in [6.45, 7) is 3.09. The maximum Gasteiger partial charge on any atom is 0.251 e. The highest BCUT2D eigenvalue weighted by atomic mass is 35.5. The number of carbonyl (C=O) groups is 2. The number of piperidine rings is 1. The van der Waals surface area contributed by atoms with Gasteiger partial charge in [0.1, 0.15) is 0 Å². The number of hydrogen-bond acceptors (Lipinski definition) is 5. The minimum Gasteiger partial charge on any atom is -0.349 e. The molecule has 2 aromatic carbocycles. The predicted octanol–water partition coefficient (Wildman–Crippen LogP) is 3.37. The smallest absolute Gasteiger partial charge is 0.251 e. The van der Waals surface area contributed by atoms with Gasteiger partial charge in [0, 0.05) is 35.3 Å². The van der Waals surface area contributed by atoms with Gasteiger partial charge in [-0.3, -0.25) is 9.59 Å². The van der Waals surface area contributed by atoms with E-state index < -0.39 is 6.04 Å². The summed E-state index contributed by atoms with van der Waals surface area (Å²) in [5.74, 6) is 0.346. The van der Waals surface area contributed by atoms with Crippen molar-refractivity contribution in [2.75, 3.05) is 13.1 Å². The molecule has 1 aliphatic rings. The average Bonchev–Trinajstić information content (AvgIpc) is 3.31. The fourth-order valence-electron chi connectivity index (χ4n) is 3.82. The molecule has 1 unspecified atom stereocenters. The van der Waals surface area contributed by atoms with Crippen molar-refractivity contribution in [3.8, 4) is 11.4 Å². The second-order valence-electron chi connectivity index (χ2n) is 7.80. The molecule has 1 aliphatic heterocycles. The van der Waals surface area contributed by atoms with E-state index in [1.165, 1.54) is 4.80 Å². The molecule has 1 fully saturated rings. The summed E-state index contributed by atoms with van der Waals surface area (Å²) in [5, 5.41) is 16.4. The number of tetrazole rings is 1. The number of halogens is 1. The van der Waals surface area contributed by atoms with Crippen LogP contribution in [0.2, 0.25) is 5.02 Å². The van der Waals surface area contributed by atoms with Crippen molar-refractivity contribution < 1.29 is 9.59 Å². The molecule has 9 heteroatoms. The van der Waals surface area contributed by atoms with Gasteiger partial charge in [0.05, 0.1) is 0 Å². The second-order valence-corrected chi connectivity index (χ2v) is 8.24. The van der Waals surface area contributed by atoms with Crippen LogP contribution in [0.15, 0.2) is 54.6 Å². The third-order valence-corrected chi connectivity index (χ3v) is 5.91. The molecule has 3 aromatic rings. The number of nitrogens with zero attached hydrogens (tertiary/aromatic N) is 5. The molecular formula is C23H25ClN6O2. The zero-order valence-electron chi connectivity index (χ0n) is 17.8. The van der Waals surface area contributed by atoms with Crippen LogP contribution in [0, 0.1) is 0 Å². The Morgan fingerprint density at radius 3 is 2.44 bits per heavy atom. The highest BCUT2D eigenvalue weighted by molar-refractivity contribution is 6.30. The Morgan fingerprint density at radius 2 is 1.78 bits per heavy atom. The van der Waals surface area contributed by atoms with E-state index in [0.29, 0.717) is 48.8 Å². The third kappa shape index (κ3) is 4.96. The minimum absolute atomic E-state index is 0.0274. The Labute approximate surface area is 191 Å². The molecule has 2 amide bonds. The molecule has 1 N–H and O–H groups in total. The molecule has 1 atom stereocenters. The lowest BCUT2D eigenvalue weighted by atomic mass is 10.0. The standard InChI is InChI=1S/C23H25ClN6O2/c1-2-20(30-27-21(26-28-30)16-8-10-18(24)11-9-16)23(32)29-14-12-19(13-15-29)25-22(31)17-6-4-3-5-7-17/h3-11,19-20H,2,12-15H2,1H3,(H,25,31). The minimum atomic E-state index is -0.515. The van der Waals surface area contributed by atoms with E-state index in [1.807, 2.05) is 42.2 Å². The Kier molecular flexibility index (Phi) is 6.80. The van der Waals surface area contributed by atoms with Gasteiger partial charge in [-0.2, -0.15) is 4.80 Å². The third-order valence-electron chi connectivity index (χ3n) is 5.66. The molecule has 0 spiro atoms. The van der Waals surface area contributed by atoms with Gasteiger partial charge in [-0.15, -0.1) is 10.2 Å².